The highest BCUT2D eigenvalue weighted by molar-refractivity contribution is 6.09. The third kappa shape index (κ3) is 2.41. The van der Waals surface area contributed by atoms with Gasteiger partial charge in [0.1, 0.15) is 5.82 Å². The van der Waals surface area contributed by atoms with Crippen molar-refractivity contribution in [1.82, 2.24) is 0 Å². The number of halogens is 1. The van der Waals surface area contributed by atoms with Crippen molar-refractivity contribution in [3.63, 3.8) is 0 Å². The summed E-state index contributed by atoms with van der Waals surface area (Å²) in [5.74, 6) is -0.703. The molecule has 0 amide bonds. The van der Waals surface area contributed by atoms with Crippen LogP contribution in [0.25, 0.3) is 5.57 Å². The fourth-order valence-corrected chi connectivity index (χ4v) is 1.19. The molecular formula is C10H10FN3O2. The second-order valence-electron chi connectivity index (χ2n) is 2.93. The van der Waals surface area contributed by atoms with E-state index < -0.39 is 10.7 Å². The van der Waals surface area contributed by atoms with Crippen molar-refractivity contribution in [2.24, 2.45) is 10.7 Å². The van der Waals surface area contributed by atoms with Crippen molar-refractivity contribution in [2.45, 2.75) is 0 Å². The highest BCUT2D eigenvalue weighted by Gasteiger charge is 2.12. The second kappa shape index (κ2) is 5.01. The summed E-state index contributed by atoms with van der Waals surface area (Å²) in [5.41, 5.74) is 5.55. The molecular weight excluding hydrogens is 213 g/mol. The third-order valence-electron chi connectivity index (χ3n) is 1.92. The summed E-state index contributed by atoms with van der Waals surface area (Å²) in [4.78, 5) is 13.5. The molecule has 0 bridgehead atoms. The number of nitro groups is 1. The van der Waals surface area contributed by atoms with Gasteiger partial charge in [0.15, 0.2) is 0 Å². The quantitative estimate of drug-likeness (QED) is 0.481. The lowest BCUT2D eigenvalue weighted by atomic mass is 10.1. The van der Waals surface area contributed by atoms with Crippen LogP contribution in [0.5, 0.6) is 0 Å². The van der Waals surface area contributed by atoms with Crippen LogP contribution in [0.15, 0.2) is 29.4 Å². The molecule has 0 radical (unpaired) electrons. The molecule has 1 aromatic carbocycles. The number of nitrogens with two attached hydrogens (primary N) is 1. The zero-order valence-corrected chi connectivity index (χ0v) is 8.55. The van der Waals surface area contributed by atoms with Crippen LogP contribution in [0.3, 0.4) is 0 Å². The third-order valence-corrected chi connectivity index (χ3v) is 1.92. The molecule has 2 N–H and O–H groups in total. The van der Waals surface area contributed by atoms with Gasteiger partial charge >= 0.3 is 0 Å². The molecule has 5 nitrogen and oxygen atoms in total. The molecule has 0 unspecified atom stereocenters. The van der Waals surface area contributed by atoms with Gasteiger partial charge in [0.05, 0.1) is 11.0 Å². The molecule has 84 valence electrons. The number of hydrogen-bond donors (Lipinski definition) is 1. The zero-order valence-electron chi connectivity index (χ0n) is 8.55. The molecule has 1 aromatic rings. The number of hydrogen-bond acceptors (Lipinski definition) is 4. The van der Waals surface area contributed by atoms with Crippen LogP contribution < -0.4 is 5.73 Å². The smallest absolute Gasteiger partial charge is 0.272 e. The molecule has 0 aliphatic heterocycles. The number of nitrogens with zero attached hydrogens (tertiary/aromatic N) is 2. The molecule has 16 heavy (non-hydrogen) atoms. The largest absolute Gasteiger partial charge is 0.404 e. The van der Waals surface area contributed by atoms with Crippen LogP contribution in [-0.4, -0.2) is 18.2 Å². The van der Waals surface area contributed by atoms with E-state index in [1.165, 1.54) is 31.6 Å². The van der Waals surface area contributed by atoms with Crippen molar-refractivity contribution >= 4 is 17.5 Å². The minimum Gasteiger partial charge on any atom is -0.404 e. The Hall–Kier alpha value is -2.24. The second-order valence-corrected chi connectivity index (χ2v) is 2.93. The van der Waals surface area contributed by atoms with Crippen molar-refractivity contribution < 1.29 is 9.31 Å². The van der Waals surface area contributed by atoms with Gasteiger partial charge in [-0.1, -0.05) is 0 Å². The molecule has 0 spiro atoms. The Morgan fingerprint density at radius 1 is 1.62 bits per heavy atom. The van der Waals surface area contributed by atoms with Crippen molar-refractivity contribution in [2.75, 3.05) is 7.05 Å². The van der Waals surface area contributed by atoms with Gasteiger partial charge in [0.25, 0.3) is 5.69 Å². The number of rotatable bonds is 3. The van der Waals surface area contributed by atoms with E-state index in [-0.39, 0.29) is 11.3 Å². The number of nitro benzene ring substituents is 1. The molecule has 0 heterocycles. The predicted molar refractivity (Wildman–Crippen MR) is 59.6 cm³/mol. The Morgan fingerprint density at radius 2 is 2.31 bits per heavy atom. The van der Waals surface area contributed by atoms with Crippen molar-refractivity contribution in [3.05, 3.63) is 45.9 Å². The highest BCUT2D eigenvalue weighted by atomic mass is 19.1. The summed E-state index contributed by atoms with van der Waals surface area (Å²) in [5, 5.41) is 10.4. The van der Waals surface area contributed by atoms with E-state index >= 15 is 0 Å². The van der Waals surface area contributed by atoms with E-state index in [1.807, 2.05) is 0 Å². The van der Waals surface area contributed by atoms with E-state index in [9.17, 15) is 14.5 Å². The molecule has 0 saturated carbocycles. The predicted octanol–water partition coefficient (Wildman–Crippen LogP) is 1.73. The van der Waals surface area contributed by atoms with Crippen LogP contribution >= 0.6 is 0 Å². The fourth-order valence-electron chi connectivity index (χ4n) is 1.19. The lowest BCUT2D eigenvalue weighted by Gasteiger charge is -2.02. The Labute approximate surface area is 91.3 Å². The summed E-state index contributed by atoms with van der Waals surface area (Å²) in [7, 11) is 1.52. The number of non-ortho nitro benzene ring substituents is 1. The van der Waals surface area contributed by atoms with Gasteiger partial charge in [-0.15, -0.1) is 0 Å². The minimum absolute atomic E-state index is 0.179. The van der Waals surface area contributed by atoms with Gasteiger partial charge in [-0.3, -0.25) is 15.1 Å². The summed E-state index contributed by atoms with van der Waals surface area (Å²) in [6.45, 7) is 0. The van der Waals surface area contributed by atoms with E-state index in [2.05, 4.69) is 4.99 Å². The summed E-state index contributed by atoms with van der Waals surface area (Å²) < 4.78 is 13.5. The fraction of sp³-hybridized carbons (Fsp3) is 0.100. The minimum atomic E-state index is -0.703. The summed E-state index contributed by atoms with van der Waals surface area (Å²) >= 11 is 0. The molecule has 6 heteroatoms. The molecule has 0 aromatic heterocycles. The van der Waals surface area contributed by atoms with Gasteiger partial charge in [0.2, 0.25) is 0 Å². The van der Waals surface area contributed by atoms with E-state index in [1.54, 1.807) is 0 Å². The first-order valence-electron chi connectivity index (χ1n) is 4.38. The Bertz CT molecular complexity index is 469. The standard InChI is InChI=1S/C10H10FN3O2/c1-13-6-7(5-12)9-3-2-8(14(15)16)4-10(9)11/h2-6H,12H2,1H3/b7-5+,13-6?. The number of benzene rings is 1. The van der Waals surface area contributed by atoms with Gasteiger partial charge < -0.3 is 5.73 Å². The molecule has 0 fully saturated rings. The molecule has 0 saturated heterocycles. The zero-order chi connectivity index (χ0) is 12.1. The molecule has 0 aliphatic carbocycles. The van der Waals surface area contributed by atoms with Crippen LogP contribution in [0.4, 0.5) is 10.1 Å². The number of aliphatic imine (C=N–C) groups is 1. The Morgan fingerprint density at radius 3 is 2.75 bits per heavy atom. The molecule has 1 rings (SSSR count). The first-order valence-corrected chi connectivity index (χ1v) is 4.38. The van der Waals surface area contributed by atoms with E-state index in [0.717, 1.165) is 6.07 Å². The van der Waals surface area contributed by atoms with Crippen LogP contribution in [0.2, 0.25) is 0 Å². The highest BCUT2D eigenvalue weighted by Crippen LogP contribution is 2.21. The van der Waals surface area contributed by atoms with Gasteiger partial charge in [-0.2, -0.15) is 0 Å². The average Bonchev–Trinajstić information content (AvgIpc) is 2.26. The van der Waals surface area contributed by atoms with Gasteiger partial charge in [-0.05, 0) is 6.07 Å². The maximum absolute atomic E-state index is 13.5. The van der Waals surface area contributed by atoms with Crippen LogP contribution in [0.1, 0.15) is 5.56 Å². The first kappa shape index (κ1) is 11.8. The first-order chi connectivity index (χ1) is 7.60. The van der Waals surface area contributed by atoms with E-state index in [4.69, 9.17) is 5.73 Å². The van der Waals surface area contributed by atoms with Crippen molar-refractivity contribution in [3.8, 4) is 0 Å². The summed E-state index contributed by atoms with van der Waals surface area (Å²) in [6, 6.07) is 3.36. The van der Waals surface area contributed by atoms with E-state index in [0.29, 0.717) is 5.57 Å². The van der Waals surface area contributed by atoms with Gasteiger partial charge in [-0.25, -0.2) is 4.39 Å². The van der Waals surface area contributed by atoms with Crippen molar-refractivity contribution in [1.29, 1.82) is 0 Å². The average molecular weight is 223 g/mol. The number of allylic oxidation sites excluding steroid dienone is 1. The van der Waals surface area contributed by atoms with Gasteiger partial charge in [0, 0.05) is 36.7 Å². The lowest BCUT2D eigenvalue weighted by molar-refractivity contribution is -0.385. The van der Waals surface area contributed by atoms with Crippen LogP contribution in [0, 0.1) is 15.9 Å². The Balaban J connectivity index is 3.22. The lowest BCUT2D eigenvalue weighted by Crippen LogP contribution is -1.97. The summed E-state index contributed by atoms with van der Waals surface area (Å²) in [6.07, 6.45) is 2.57. The van der Waals surface area contributed by atoms with Crippen LogP contribution in [-0.2, 0) is 0 Å². The topological polar surface area (TPSA) is 81.5 Å². The normalized spacial score (nSPS) is 12.0. The monoisotopic (exact) mass is 223 g/mol. The molecule has 0 aliphatic rings. The molecule has 0 atom stereocenters. The SMILES string of the molecule is CN=C/C(=C\N)c1ccc([N+](=O)[O-])cc1F. The maximum atomic E-state index is 13.5. The Kier molecular flexibility index (Phi) is 3.71. The maximum Gasteiger partial charge on any atom is 0.272 e.